The number of aliphatic hydroxyl groups is 3. The van der Waals surface area contributed by atoms with E-state index in [9.17, 15) is 29.7 Å². The molecule has 0 unspecified atom stereocenters. The Balaban J connectivity index is 1.11. The highest BCUT2D eigenvalue weighted by atomic mass is 28.3. The van der Waals surface area contributed by atoms with Crippen LogP contribution in [0.15, 0.2) is 48.5 Å². The fourth-order valence-electron chi connectivity index (χ4n) is 8.38. The van der Waals surface area contributed by atoms with Crippen LogP contribution in [0, 0.1) is 0 Å². The first-order valence-electron chi connectivity index (χ1n) is 18.9. The van der Waals surface area contributed by atoms with E-state index in [-0.39, 0.29) is 25.2 Å². The minimum absolute atomic E-state index is 0.00275. The number of carbonyl (C=O) groups is 3. The van der Waals surface area contributed by atoms with E-state index in [4.69, 9.17) is 23.7 Å². The number of hydrogen-bond acceptors (Lipinski definition) is 11. The molecule has 2 saturated heterocycles. The van der Waals surface area contributed by atoms with Crippen LogP contribution in [0.2, 0.25) is 25.7 Å². The van der Waals surface area contributed by atoms with Gasteiger partial charge in [0, 0.05) is 62.8 Å². The zero-order valence-electron chi connectivity index (χ0n) is 32.2. The summed E-state index contributed by atoms with van der Waals surface area (Å²) in [6.07, 6.45) is -8.44. The summed E-state index contributed by atoms with van der Waals surface area (Å²) >= 11 is 0. The molecule has 0 radical (unpaired) electrons. The van der Waals surface area contributed by atoms with E-state index in [0.29, 0.717) is 44.9 Å². The van der Waals surface area contributed by atoms with Gasteiger partial charge in [0.15, 0.2) is 12.5 Å². The molecule has 3 aliphatic rings. The Labute approximate surface area is 323 Å². The third-order valence-corrected chi connectivity index (χ3v) is 13.2. The Hall–Kier alpha value is -4.39. The number of aromatic amines is 1. The highest BCUT2D eigenvalue weighted by molar-refractivity contribution is 6.76. The number of aliphatic hydroxyl groups excluding tert-OH is 3. The molecule has 56 heavy (non-hydrogen) atoms. The Bertz CT molecular complexity index is 2350. The number of likely N-dealkylation sites (N-methyl/N-ethyl adjacent to an activating group) is 1. The van der Waals surface area contributed by atoms with E-state index >= 15 is 0 Å². The predicted molar refractivity (Wildman–Crippen MR) is 209 cm³/mol. The fraction of sp³-hybridized carbons (Fsp3) is 0.475. The minimum Gasteiger partial charge on any atom is -0.450 e. The summed E-state index contributed by atoms with van der Waals surface area (Å²) in [4.78, 5) is 46.3. The van der Waals surface area contributed by atoms with Crippen LogP contribution in [0.3, 0.4) is 0 Å². The van der Waals surface area contributed by atoms with Crippen molar-refractivity contribution in [2.45, 2.75) is 81.2 Å². The van der Waals surface area contributed by atoms with Gasteiger partial charge in [0.2, 0.25) is 0 Å². The number of carbonyl (C=O) groups excluding carboxylic acids is 3. The van der Waals surface area contributed by atoms with Crippen molar-refractivity contribution in [2.75, 3.05) is 41.0 Å². The summed E-state index contributed by atoms with van der Waals surface area (Å²) < 4.78 is 31.6. The smallest absolute Gasteiger partial charge is 0.409 e. The average Bonchev–Trinajstić information content (AvgIpc) is 3.79. The van der Waals surface area contributed by atoms with Crippen molar-refractivity contribution < 1.29 is 53.4 Å². The summed E-state index contributed by atoms with van der Waals surface area (Å²) in [5, 5.41) is 37.0. The largest absolute Gasteiger partial charge is 0.450 e. The molecule has 298 valence electrons. The number of benzene rings is 3. The first-order valence-corrected chi connectivity index (χ1v) is 22.6. The molecule has 0 aliphatic carbocycles. The number of nitrogens with zero attached hydrogens (tertiary/aromatic N) is 3. The van der Waals surface area contributed by atoms with Crippen molar-refractivity contribution in [2.24, 2.45) is 0 Å². The summed E-state index contributed by atoms with van der Waals surface area (Å²) in [6.45, 7) is 6.75. The summed E-state index contributed by atoms with van der Waals surface area (Å²) in [5.74, 6) is -0.851. The Morgan fingerprint density at radius 2 is 1.66 bits per heavy atom. The van der Waals surface area contributed by atoms with E-state index < -0.39 is 75.1 Å². The quantitative estimate of drug-likeness (QED) is 0.124. The highest BCUT2D eigenvalue weighted by Gasteiger charge is 2.48. The molecule has 15 nitrogen and oxygen atoms in total. The molecule has 2 aromatic heterocycles. The monoisotopic (exact) mass is 788 g/mol. The third kappa shape index (κ3) is 6.28. The maximum atomic E-state index is 13.9. The number of hydrogen-bond donors (Lipinski definition) is 4. The Morgan fingerprint density at radius 1 is 0.982 bits per heavy atom. The van der Waals surface area contributed by atoms with Gasteiger partial charge in [0.1, 0.15) is 24.4 Å². The first-order chi connectivity index (χ1) is 26.7. The molecule has 5 heterocycles. The van der Waals surface area contributed by atoms with Crippen LogP contribution in [-0.2, 0) is 23.7 Å². The molecule has 3 aliphatic heterocycles. The van der Waals surface area contributed by atoms with E-state index in [1.54, 1.807) is 11.6 Å². The zero-order chi connectivity index (χ0) is 39.8. The molecule has 4 N–H and O–H groups in total. The summed E-state index contributed by atoms with van der Waals surface area (Å²) in [7, 11) is 3.04. The van der Waals surface area contributed by atoms with Crippen LogP contribution >= 0.6 is 0 Å². The lowest BCUT2D eigenvalue weighted by atomic mass is 9.96. The molecule has 8 atom stereocenters. The topological polar surface area (TPSA) is 185 Å². The lowest BCUT2D eigenvalue weighted by molar-refractivity contribution is -0.276. The molecule has 0 bridgehead atoms. The van der Waals surface area contributed by atoms with Gasteiger partial charge < -0.3 is 53.5 Å². The number of H-pyrrole nitrogens is 1. The fourth-order valence-corrected chi connectivity index (χ4v) is 9.09. The van der Waals surface area contributed by atoms with Crippen molar-refractivity contribution in [3.63, 3.8) is 0 Å². The number of nitrogens with one attached hydrogen (secondary N) is 1. The van der Waals surface area contributed by atoms with Gasteiger partial charge in [-0.05, 0) is 18.2 Å². The van der Waals surface area contributed by atoms with E-state index in [1.165, 1.54) is 19.1 Å². The number of ether oxygens (including phenoxy) is 5. The molecule has 8 rings (SSSR count). The Kier molecular flexibility index (Phi) is 9.98. The van der Waals surface area contributed by atoms with Gasteiger partial charge in [-0.1, -0.05) is 56.0 Å². The van der Waals surface area contributed by atoms with Crippen molar-refractivity contribution in [1.82, 2.24) is 19.4 Å². The second-order valence-electron chi connectivity index (χ2n) is 16.2. The molecule has 0 spiro atoms. The lowest BCUT2D eigenvalue weighted by Crippen LogP contribution is -2.58. The van der Waals surface area contributed by atoms with Gasteiger partial charge in [0.25, 0.3) is 11.8 Å². The first kappa shape index (κ1) is 38.5. The Morgan fingerprint density at radius 3 is 2.36 bits per heavy atom. The molecule has 5 aromatic rings. The second-order valence-corrected chi connectivity index (χ2v) is 21.8. The number of aromatic nitrogens is 2. The molecule has 3 aromatic carbocycles. The molecule has 16 heteroatoms. The lowest BCUT2D eigenvalue weighted by Gasteiger charge is -2.43. The van der Waals surface area contributed by atoms with Crippen molar-refractivity contribution >= 4 is 69.6 Å². The van der Waals surface area contributed by atoms with Crippen LogP contribution in [0.1, 0.15) is 33.4 Å². The number of methoxy groups -OCH3 is 1. The van der Waals surface area contributed by atoms with Gasteiger partial charge in [-0.2, -0.15) is 0 Å². The van der Waals surface area contributed by atoms with Crippen LogP contribution in [0.25, 0.3) is 43.6 Å². The van der Waals surface area contributed by atoms with E-state index in [1.807, 2.05) is 48.5 Å². The normalized spacial score (nSPS) is 27.2. The number of imide groups is 1. The van der Waals surface area contributed by atoms with Gasteiger partial charge in [0.05, 0.1) is 59.6 Å². The van der Waals surface area contributed by atoms with Gasteiger partial charge in [-0.25, -0.2) is 4.79 Å². The summed E-state index contributed by atoms with van der Waals surface area (Å²) in [5.41, 5.74) is 3.01. The number of fused-ring (bicyclic) bond motifs is 10. The average molecular weight is 789 g/mol. The van der Waals surface area contributed by atoms with E-state index in [2.05, 4.69) is 24.6 Å². The van der Waals surface area contributed by atoms with Crippen LogP contribution in [0.5, 0.6) is 0 Å². The maximum absolute atomic E-state index is 13.9. The van der Waals surface area contributed by atoms with Crippen molar-refractivity contribution in [3.8, 4) is 0 Å². The van der Waals surface area contributed by atoms with Crippen LogP contribution in [0.4, 0.5) is 4.79 Å². The number of amides is 3. The molecular weight excluding hydrogens is 741 g/mol. The van der Waals surface area contributed by atoms with Crippen LogP contribution < -0.4 is 0 Å². The number of rotatable bonds is 9. The highest BCUT2D eigenvalue weighted by Crippen LogP contribution is 2.47. The van der Waals surface area contributed by atoms with Crippen LogP contribution in [-0.4, -0.2) is 145 Å². The molecular formula is C40H48N4O11Si. The van der Waals surface area contributed by atoms with Crippen molar-refractivity contribution in [3.05, 3.63) is 59.7 Å². The molecule has 3 amide bonds. The molecule has 0 saturated carbocycles. The van der Waals surface area contributed by atoms with Gasteiger partial charge in [-0.3, -0.25) is 14.5 Å². The standard InChI is InChI=1S/C40H48N4O11Si/c1-42(40(50)52-15-16-56(4,5)6)24-18-53-27(17-25(24)45)54-19-26-36(51-3)34(46)35(47)39(55-26)44-23-14-10-8-12-21(23)29-31-30(37(48)43(2)38(31)49)28-20-11-7-9-13-22(20)41-32(28)33(29)44/h7-14,24-27,34-36,39,41,45-47H,15-19H2,1-6H3/t24-,25-,26+,27-,34+,35+,36+,39+/m0/s1. The zero-order valence-corrected chi connectivity index (χ0v) is 33.2. The molecule has 2 fully saturated rings. The second kappa shape index (κ2) is 14.5. The van der Waals surface area contributed by atoms with Gasteiger partial charge >= 0.3 is 6.09 Å². The van der Waals surface area contributed by atoms with Crippen molar-refractivity contribution in [1.29, 1.82) is 0 Å². The minimum atomic E-state index is -1.50. The number of para-hydroxylation sites is 2. The maximum Gasteiger partial charge on any atom is 0.409 e. The van der Waals surface area contributed by atoms with E-state index in [0.717, 1.165) is 21.8 Å². The SMILES string of the molecule is CO[C@H]1[C@H](O)[C@@H](O)[C@H](n2c3ccccc3c3c4c(c5c6ccccc6[nH]c5c32)C(=O)N(C)C4=O)O[C@@H]1CO[C@H]1C[C@H](O)[C@@H](N(C)C(=O)OCC[Si](C)(C)C)CO1. The third-order valence-electron chi connectivity index (χ3n) is 11.5. The van der Waals surface area contributed by atoms with Gasteiger partial charge in [-0.15, -0.1) is 0 Å². The predicted octanol–water partition coefficient (Wildman–Crippen LogP) is 4.19. The summed E-state index contributed by atoms with van der Waals surface area (Å²) in [6, 6.07) is 15.1.